The topological polar surface area (TPSA) is 63.2 Å². The molecule has 4 nitrogen and oxygen atoms in total. The van der Waals surface area contributed by atoms with Gasteiger partial charge in [0.05, 0.1) is 6.04 Å². The molecule has 1 unspecified atom stereocenters. The average Bonchev–Trinajstić information content (AvgIpc) is 2.90. The Morgan fingerprint density at radius 2 is 0.848 bits per heavy atom. The number of carbonyl (C=O) groups excluding carboxylic acids is 3. The zero-order chi connectivity index (χ0) is 23.0. The van der Waals surface area contributed by atoms with Gasteiger partial charge in [-0.05, 0) is 17.7 Å². The number of nitrogens with one attached hydrogen (secondary N) is 1. The van der Waals surface area contributed by atoms with Gasteiger partial charge in [-0.1, -0.05) is 109 Å². The highest BCUT2D eigenvalue weighted by Crippen LogP contribution is 2.29. The second-order valence-electron chi connectivity index (χ2n) is 7.67. The van der Waals surface area contributed by atoms with Crippen LogP contribution in [0.2, 0.25) is 0 Å². The summed E-state index contributed by atoms with van der Waals surface area (Å²) in [6.45, 7) is 0. The summed E-state index contributed by atoms with van der Waals surface area (Å²) in [4.78, 5) is 40.6. The highest BCUT2D eigenvalue weighted by atomic mass is 16.2. The lowest BCUT2D eigenvalue weighted by Gasteiger charge is -2.27. The predicted octanol–water partition coefficient (Wildman–Crippen LogP) is 5.54. The monoisotopic (exact) mass is 433 g/mol. The van der Waals surface area contributed by atoms with Crippen molar-refractivity contribution in [2.24, 2.45) is 5.92 Å². The highest BCUT2D eigenvalue weighted by molar-refractivity contribution is 6.17. The van der Waals surface area contributed by atoms with Gasteiger partial charge < -0.3 is 5.32 Å². The van der Waals surface area contributed by atoms with E-state index in [9.17, 15) is 14.4 Å². The summed E-state index contributed by atoms with van der Waals surface area (Å²) >= 11 is 0. The van der Waals surface area contributed by atoms with Gasteiger partial charge >= 0.3 is 0 Å². The fourth-order valence-electron chi connectivity index (χ4n) is 3.82. The van der Waals surface area contributed by atoms with Crippen LogP contribution >= 0.6 is 0 Å². The van der Waals surface area contributed by atoms with Crippen molar-refractivity contribution in [2.45, 2.75) is 6.04 Å². The van der Waals surface area contributed by atoms with Crippen LogP contribution in [0.1, 0.15) is 42.7 Å². The van der Waals surface area contributed by atoms with Crippen LogP contribution in [0.25, 0.3) is 0 Å². The van der Waals surface area contributed by atoms with Gasteiger partial charge in [0, 0.05) is 16.7 Å². The second-order valence-corrected chi connectivity index (χ2v) is 7.67. The van der Waals surface area contributed by atoms with E-state index in [0.717, 1.165) is 0 Å². The van der Waals surface area contributed by atoms with Crippen molar-refractivity contribution in [1.82, 2.24) is 5.32 Å². The molecule has 1 amide bonds. The van der Waals surface area contributed by atoms with Gasteiger partial charge in [0.25, 0.3) is 5.91 Å². The van der Waals surface area contributed by atoms with E-state index in [-0.39, 0.29) is 17.5 Å². The van der Waals surface area contributed by atoms with Gasteiger partial charge in [-0.25, -0.2) is 0 Å². The highest BCUT2D eigenvalue weighted by Gasteiger charge is 2.37. The predicted molar refractivity (Wildman–Crippen MR) is 128 cm³/mol. The Morgan fingerprint density at radius 1 is 0.485 bits per heavy atom. The Bertz CT molecular complexity index is 1170. The molecule has 4 aromatic rings. The molecule has 0 aromatic heterocycles. The van der Waals surface area contributed by atoms with E-state index >= 15 is 0 Å². The van der Waals surface area contributed by atoms with Crippen LogP contribution in [-0.2, 0) is 0 Å². The molecule has 0 aliphatic carbocycles. The largest absolute Gasteiger partial charge is 0.344 e. The summed E-state index contributed by atoms with van der Waals surface area (Å²) in [5.74, 6) is -2.17. The molecular formula is C29H23NO3. The minimum Gasteiger partial charge on any atom is -0.344 e. The van der Waals surface area contributed by atoms with Crippen molar-refractivity contribution in [3.63, 3.8) is 0 Å². The number of carbonyl (C=O) groups is 3. The van der Waals surface area contributed by atoms with Crippen LogP contribution in [0.4, 0.5) is 0 Å². The Labute approximate surface area is 192 Å². The number of rotatable bonds is 8. The number of Topliss-reactive ketones (excluding diaryl/α,β-unsaturated/α-hetero) is 2. The van der Waals surface area contributed by atoms with E-state index in [1.807, 2.05) is 48.5 Å². The first-order valence-electron chi connectivity index (χ1n) is 10.7. The summed E-state index contributed by atoms with van der Waals surface area (Å²) in [6, 6.07) is 34.5. The first kappa shape index (κ1) is 21.9. The number of ketones is 2. The third-order valence-corrected chi connectivity index (χ3v) is 5.50. The molecule has 0 saturated carbocycles. The molecular weight excluding hydrogens is 410 g/mol. The molecule has 0 spiro atoms. The molecule has 162 valence electrons. The van der Waals surface area contributed by atoms with Crippen molar-refractivity contribution in [1.29, 1.82) is 0 Å². The number of hydrogen-bond acceptors (Lipinski definition) is 3. The van der Waals surface area contributed by atoms with Crippen molar-refractivity contribution in [3.05, 3.63) is 144 Å². The van der Waals surface area contributed by atoms with Gasteiger partial charge in [0.15, 0.2) is 11.6 Å². The summed E-state index contributed by atoms with van der Waals surface area (Å²) in [7, 11) is 0. The molecule has 0 fully saturated rings. The number of benzene rings is 4. The van der Waals surface area contributed by atoms with Crippen LogP contribution in [0, 0.1) is 5.92 Å². The van der Waals surface area contributed by atoms with E-state index in [1.165, 1.54) is 0 Å². The maximum absolute atomic E-state index is 13.7. The zero-order valence-corrected chi connectivity index (χ0v) is 17.9. The SMILES string of the molecule is O=C(NC(c1ccccc1)C(C(=O)c1ccccc1)C(=O)c1ccccc1)c1ccccc1. The molecule has 1 N–H and O–H groups in total. The molecule has 0 saturated heterocycles. The lowest BCUT2D eigenvalue weighted by Crippen LogP contribution is -2.41. The van der Waals surface area contributed by atoms with Crippen LogP contribution in [-0.4, -0.2) is 17.5 Å². The normalized spacial score (nSPS) is 11.5. The summed E-state index contributed by atoms with van der Waals surface area (Å²) < 4.78 is 0. The van der Waals surface area contributed by atoms with Crippen molar-refractivity contribution in [3.8, 4) is 0 Å². The molecule has 4 aromatic carbocycles. The summed E-state index contributed by atoms with van der Waals surface area (Å²) in [5.41, 5.74) is 1.97. The first-order valence-corrected chi connectivity index (χ1v) is 10.7. The van der Waals surface area contributed by atoms with E-state index in [1.54, 1.807) is 72.8 Å². The van der Waals surface area contributed by atoms with Crippen LogP contribution in [0.5, 0.6) is 0 Å². The maximum atomic E-state index is 13.7. The molecule has 4 rings (SSSR count). The van der Waals surface area contributed by atoms with Crippen LogP contribution < -0.4 is 5.32 Å². The number of hydrogen-bond donors (Lipinski definition) is 1. The quantitative estimate of drug-likeness (QED) is 0.293. The minimum atomic E-state index is -1.13. The van der Waals surface area contributed by atoms with Gasteiger partial charge in [-0.3, -0.25) is 14.4 Å². The fraction of sp³-hybridized carbons (Fsp3) is 0.0690. The lowest BCUT2D eigenvalue weighted by molar-refractivity contribution is 0.0754. The standard InChI is InChI=1S/C29H23NO3/c31-27(22-15-7-2-8-16-22)25(28(32)23-17-9-3-10-18-23)26(21-13-5-1-6-14-21)30-29(33)24-19-11-4-12-20-24/h1-20,25-26H,(H,30,33). The average molecular weight is 434 g/mol. The third-order valence-electron chi connectivity index (χ3n) is 5.50. The van der Waals surface area contributed by atoms with E-state index in [2.05, 4.69) is 5.32 Å². The molecule has 0 aliphatic heterocycles. The molecule has 1 atom stereocenters. The molecule has 4 heteroatoms. The van der Waals surface area contributed by atoms with Crippen molar-refractivity contribution >= 4 is 17.5 Å². The second kappa shape index (κ2) is 10.3. The smallest absolute Gasteiger partial charge is 0.251 e. The third kappa shape index (κ3) is 5.13. The first-order chi connectivity index (χ1) is 16.1. The molecule has 0 bridgehead atoms. The van der Waals surface area contributed by atoms with Crippen molar-refractivity contribution in [2.75, 3.05) is 0 Å². The fourth-order valence-corrected chi connectivity index (χ4v) is 3.82. The number of amides is 1. The van der Waals surface area contributed by atoms with Gasteiger partial charge in [-0.15, -0.1) is 0 Å². The van der Waals surface area contributed by atoms with Crippen LogP contribution in [0.3, 0.4) is 0 Å². The molecule has 0 radical (unpaired) electrons. The Morgan fingerprint density at radius 3 is 1.27 bits per heavy atom. The molecule has 0 aliphatic rings. The molecule has 0 heterocycles. The van der Waals surface area contributed by atoms with Gasteiger partial charge in [-0.2, -0.15) is 0 Å². The minimum absolute atomic E-state index is 0.341. The van der Waals surface area contributed by atoms with E-state index < -0.39 is 12.0 Å². The van der Waals surface area contributed by atoms with Gasteiger partial charge in [0.1, 0.15) is 5.92 Å². The lowest BCUT2D eigenvalue weighted by atomic mass is 9.81. The Balaban J connectivity index is 1.81. The van der Waals surface area contributed by atoms with Crippen LogP contribution in [0.15, 0.2) is 121 Å². The Hall–Kier alpha value is -4.31. The Kier molecular flexibility index (Phi) is 6.86. The molecule has 33 heavy (non-hydrogen) atoms. The van der Waals surface area contributed by atoms with E-state index in [0.29, 0.717) is 22.3 Å². The van der Waals surface area contributed by atoms with Gasteiger partial charge in [0.2, 0.25) is 0 Å². The zero-order valence-electron chi connectivity index (χ0n) is 17.9. The summed E-state index contributed by atoms with van der Waals surface area (Å²) in [5, 5.41) is 2.97. The summed E-state index contributed by atoms with van der Waals surface area (Å²) in [6.07, 6.45) is 0. The van der Waals surface area contributed by atoms with E-state index in [4.69, 9.17) is 0 Å². The maximum Gasteiger partial charge on any atom is 0.251 e. The van der Waals surface area contributed by atoms with Crippen molar-refractivity contribution < 1.29 is 14.4 Å².